The third-order valence-electron chi connectivity index (χ3n) is 4.32. The highest BCUT2D eigenvalue weighted by Gasteiger charge is 2.23. The average molecular weight is 349 g/mol. The molecule has 0 unspecified atom stereocenters. The van der Waals surface area contributed by atoms with Crippen LogP contribution < -0.4 is 10.6 Å². The molecular formula is C18H24FN3O3. The summed E-state index contributed by atoms with van der Waals surface area (Å²) in [7, 11) is 0. The largest absolute Gasteiger partial charge is 0.347 e. The number of carbonyl (C=O) groups is 3. The predicted octanol–water partition coefficient (Wildman–Crippen LogP) is 0.859. The van der Waals surface area contributed by atoms with Crippen molar-refractivity contribution in [3.63, 3.8) is 0 Å². The van der Waals surface area contributed by atoms with Crippen molar-refractivity contribution in [1.82, 2.24) is 15.5 Å². The fraction of sp³-hybridized carbons (Fsp3) is 0.500. The van der Waals surface area contributed by atoms with E-state index >= 15 is 0 Å². The summed E-state index contributed by atoms with van der Waals surface area (Å²) in [5.74, 6) is -0.591. The first-order chi connectivity index (χ1) is 11.9. The highest BCUT2D eigenvalue weighted by Crippen LogP contribution is 2.22. The minimum Gasteiger partial charge on any atom is -0.347 e. The summed E-state index contributed by atoms with van der Waals surface area (Å²) in [6, 6.07) is 6.63. The highest BCUT2D eigenvalue weighted by atomic mass is 19.1. The van der Waals surface area contributed by atoms with Gasteiger partial charge < -0.3 is 15.5 Å². The van der Waals surface area contributed by atoms with Crippen LogP contribution in [0, 0.1) is 11.7 Å². The lowest BCUT2D eigenvalue weighted by Gasteiger charge is -2.32. The molecule has 25 heavy (non-hydrogen) atoms. The van der Waals surface area contributed by atoms with Crippen molar-refractivity contribution >= 4 is 17.7 Å². The number of nitrogens with zero attached hydrogens (tertiary/aromatic N) is 1. The molecule has 7 heteroatoms. The summed E-state index contributed by atoms with van der Waals surface area (Å²) < 4.78 is 13.2. The van der Waals surface area contributed by atoms with Gasteiger partial charge in [0.15, 0.2) is 0 Å². The second kappa shape index (κ2) is 9.15. The van der Waals surface area contributed by atoms with Crippen molar-refractivity contribution in [3.05, 3.63) is 35.6 Å². The van der Waals surface area contributed by atoms with Crippen molar-refractivity contribution in [2.75, 3.05) is 26.2 Å². The third kappa shape index (κ3) is 6.52. The maximum Gasteiger partial charge on any atom is 0.241 e. The monoisotopic (exact) mass is 349 g/mol. The van der Waals surface area contributed by atoms with E-state index in [9.17, 15) is 18.8 Å². The van der Waals surface area contributed by atoms with E-state index in [0.29, 0.717) is 19.0 Å². The maximum atomic E-state index is 13.2. The zero-order valence-electron chi connectivity index (χ0n) is 14.4. The molecule has 1 aliphatic rings. The number of benzene rings is 1. The Bertz CT molecular complexity index is 628. The van der Waals surface area contributed by atoms with Crippen LogP contribution in [0.3, 0.4) is 0 Å². The van der Waals surface area contributed by atoms with Gasteiger partial charge in [-0.3, -0.25) is 14.4 Å². The lowest BCUT2D eigenvalue weighted by atomic mass is 9.90. The predicted molar refractivity (Wildman–Crippen MR) is 91.1 cm³/mol. The van der Waals surface area contributed by atoms with Gasteiger partial charge in [-0.1, -0.05) is 12.1 Å². The lowest BCUT2D eigenvalue weighted by molar-refractivity contribution is -0.134. The number of hydrogen-bond acceptors (Lipinski definition) is 3. The molecule has 1 heterocycles. The molecule has 0 saturated carbocycles. The van der Waals surface area contributed by atoms with Crippen LogP contribution in [0.1, 0.15) is 25.3 Å². The molecule has 1 aromatic rings. The highest BCUT2D eigenvalue weighted by molar-refractivity contribution is 5.87. The van der Waals surface area contributed by atoms with Gasteiger partial charge in [0.25, 0.3) is 0 Å². The molecule has 0 aromatic heterocycles. The van der Waals surface area contributed by atoms with Crippen LogP contribution in [0.4, 0.5) is 4.39 Å². The van der Waals surface area contributed by atoms with E-state index in [4.69, 9.17) is 0 Å². The first kappa shape index (κ1) is 18.9. The van der Waals surface area contributed by atoms with Gasteiger partial charge in [-0.15, -0.1) is 0 Å². The summed E-state index contributed by atoms with van der Waals surface area (Å²) >= 11 is 0. The van der Waals surface area contributed by atoms with Crippen molar-refractivity contribution in [2.45, 2.75) is 26.2 Å². The molecular weight excluding hydrogens is 325 g/mol. The zero-order chi connectivity index (χ0) is 18.2. The van der Waals surface area contributed by atoms with Crippen LogP contribution >= 0.6 is 0 Å². The number of rotatable bonds is 6. The number of halogens is 1. The van der Waals surface area contributed by atoms with E-state index in [2.05, 4.69) is 10.6 Å². The molecule has 1 aliphatic heterocycles. The Morgan fingerprint density at radius 2 is 1.88 bits per heavy atom. The topological polar surface area (TPSA) is 78.5 Å². The Hall–Kier alpha value is -2.44. The molecule has 2 rings (SSSR count). The molecule has 6 nitrogen and oxygen atoms in total. The third-order valence-corrected chi connectivity index (χ3v) is 4.32. The Labute approximate surface area is 146 Å². The summed E-state index contributed by atoms with van der Waals surface area (Å²) in [4.78, 5) is 36.1. The summed E-state index contributed by atoms with van der Waals surface area (Å²) in [5.41, 5.74) is 0.981. The standard InChI is InChI=1S/C18H24FN3O3/c1-13(23)20-11-17(24)21-12-18(25)22-7-5-14(6-8-22)9-15-3-2-4-16(19)10-15/h2-4,10,14H,5-9,11-12H2,1H3,(H,20,23)(H,21,24). The smallest absolute Gasteiger partial charge is 0.241 e. The Morgan fingerprint density at radius 1 is 1.16 bits per heavy atom. The SMILES string of the molecule is CC(=O)NCC(=O)NCC(=O)N1CCC(Cc2cccc(F)c2)CC1. The molecule has 0 spiro atoms. The molecule has 3 amide bonds. The second-order valence-electron chi connectivity index (χ2n) is 6.34. The van der Waals surface area contributed by atoms with E-state index in [1.54, 1.807) is 17.0 Å². The van der Waals surface area contributed by atoms with Crippen molar-refractivity contribution < 1.29 is 18.8 Å². The summed E-state index contributed by atoms with van der Waals surface area (Å²) in [6.45, 7) is 2.42. The van der Waals surface area contributed by atoms with Crippen LogP contribution in [0.5, 0.6) is 0 Å². The molecule has 1 aromatic carbocycles. The van der Waals surface area contributed by atoms with Crippen LogP contribution in [-0.4, -0.2) is 48.8 Å². The lowest BCUT2D eigenvalue weighted by Crippen LogP contribution is -2.46. The van der Waals surface area contributed by atoms with Crippen LogP contribution in [0.2, 0.25) is 0 Å². The molecule has 0 aliphatic carbocycles. The van der Waals surface area contributed by atoms with Crippen molar-refractivity contribution in [2.24, 2.45) is 5.92 Å². The van der Waals surface area contributed by atoms with Gasteiger partial charge in [-0.25, -0.2) is 4.39 Å². The normalized spacial score (nSPS) is 14.9. The molecule has 1 fully saturated rings. The first-order valence-corrected chi connectivity index (χ1v) is 8.47. The van der Waals surface area contributed by atoms with Gasteiger partial charge >= 0.3 is 0 Å². The van der Waals surface area contributed by atoms with E-state index in [0.717, 1.165) is 24.8 Å². The van der Waals surface area contributed by atoms with E-state index < -0.39 is 0 Å². The Morgan fingerprint density at radius 3 is 2.52 bits per heavy atom. The van der Waals surface area contributed by atoms with E-state index in [1.165, 1.54) is 13.0 Å². The number of piperidine rings is 1. The maximum absolute atomic E-state index is 13.2. The van der Waals surface area contributed by atoms with Gasteiger partial charge in [0.2, 0.25) is 17.7 Å². The van der Waals surface area contributed by atoms with Crippen molar-refractivity contribution in [3.8, 4) is 0 Å². The van der Waals surface area contributed by atoms with E-state index in [-0.39, 0.29) is 36.6 Å². The zero-order valence-corrected chi connectivity index (χ0v) is 14.4. The van der Waals surface area contributed by atoms with E-state index in [1.807, 2.05) is 6.07 Å². The summed E-state index contributed by atoms with van der Waals surface area (Å²) in [6.07, 6.45) is 2.54. The minimum absolute atomic E-state index is 0.0625. The number of carbonyl (C=O) groups excluding carboxylic acids is 3. The van der Waals surface area contributed by atoms with Gasteiger partial charge in [-0.05, 0) is 42.9 Å². The van der Waals surface area contributed by atoms with Gasteiger partial charge in [-0.2, -0.15) is 0 Å². The second-order valence-corrected chi connectivity index (χ2v) is 6.34. The Balaban J connectivity index is 1.69. The van der Waals surface area contributed by atoms with Gasteiger partial charge in [0.1, 0.15) is 5.82 Å². The van der Waals surface area contributed by atoms with Crippen LogP contribution in [0.25, 0.3) is 0 Å². The number of hydrogen-bond donors (Lipinski definition) is 2. The molecule has 2 N–H and O–H groups in total. The minimum atomic E-state index is -0.385. The van der Waals surface area contributed by atoms with Gasteiger partial charge in [0, 0.05) is 20.0 Å². The summed E-state index contributed by atoms with van der Waals surface area (Å²) in [5, 5.41) is 4.88. The fourth-order valence-electron chi connectivity index (χ4n) is 2.94. The molecule has 0 radical (unpaired) electrons. The average Bonchev–Trinajstić information content (AvgIpc) is 2.58. The molecule has 136 valence electrons. The fourth-order valence-corrected chi connectivity index (χ4v) is 2.94. The molecule has 0 bridgehead atoms. The number of amides is 3. The van der Waals surface area contributed by atoms with Crippen LogP contribution in [-0.2, 0) is 20.8 Å². The number of nitrogens with one attached hydrogen (secondary N) is 2. The Kier molecular flexibility index (Phi) is 6.91. The van der Waals surface area contributed by atoms with Gasteiger partial charge in [0.05, 0.1) is 13.1 Å². The molecule has 0 atom stereocenters. The molecule has 1 saturated heterocycles. The number of likely N-dealkylation sites (tertiary alicyclic amines) is 1. The van der Waals surface area contributed by atoms with Crippen molar-refractivity contribution in [1.29, 1.82) is 0 Å². The van der Waals surface area contributed by atoms with Crippen LogP contribution in [0.15, 0.2) is 24.3 Å². The first-order valence-electron chi connectivity index (χ1n) is 8.47. The quantitative estimate of drug-likeness (QED) is 0.800.